The Bertz CT molecular complexity index is 266. The summed E-state index contributed by atoms with van der Waals surface area (Å²) in [6.45, 7) is 0. The standard InChI is InChI=1S/C4H6NO4PS/c1-11(7,8)9-4(2-5)3-10-6/h4H,3H2,1H3. The highest BCUT2D eigenvalue weighted by atomic mass is 32.2. The molecule has 0 bridgehead atoms. The Morgan fingerprint density at radius 3 is 2.55 bits per heavy atom. The van der Waals surface area contributed by atoms with Gasteiger partial charge in [-0.15, -0.1) is 0 Å². The van der Waals surface area contributed by atoms with E-state index in [4.69, 9.17) is 5.26 Å². The van der Waals surface area contributed by atoms with E-state index in [0.717, 1.165) is 6.26 Å². The second-order valence-electron chi connectivity index (χ2n) is 1.73. The van der Waals surface area contributed by atoms with Crippen LogP contribution in [-0.4, -0.2) is 26.9 Å². The molecule has 7 heteroatoms. The average molecular weight is 195 g/mol. The first-order valence-corrected chi connectivity index (χ1v) is 5.38. The lowest BCUT2D eigenvalue weighted by molar-refractivity contribution is 0.287. The number of hydrogen-bond acceptors (Lipinski definition) is 5. The minimum Gasteiger partial charge on any atom is -0.275 e. The summed E-state index contributed by atoms with van der Waals surface area (Å²) in [5, 5.41) is 8.24. The fraction of sp³-hybridized carbons (Fsp3) is 0.750. The van der Waals surface area contributed by atoms with Gasteiger partial charge in [0.05, 0.1) is 18.5 Å². The Morgan fingerprint density at radius 2 is 2.27 bits per heavy atom. The van der Waals surface area contributed by atoms with Crippen LogP contribution < -0.4 is 0 Å². The van der Waals surface area contributed by atoms with Gasteiger partial charge in [-0.25, -0.2) is 0 Å². The van der Waals surface area contributed by atoms with Gasteiger partial charge in [0.15, 0.2) is 14.6 Å². The molecule has 0 aliphatic heterocycles. The summed E-state index contributed by atoms with van der Waals surface area (Å²) in [6.07, 6.45) is -0.452. The highest BCUT2D eigenvalue weighted by molar-refractivity contribution is 7.86. The summed E-state index contributed by atoms with van der Waals surface area (Å²) in [5.74, 6) is 0. The molecule has 62 valence electrons. The summed E-state index contributed by atoms with van der Waals surface area (Å²) in [6, 6.07) is 1.55. The van der Waals surface area contributed by atoms with Crippen molar-refractivity contribution in [2.45, 2.75) is 6.10 Å². The Hall–Kier alpha value is -0.500. The van der Waals surface area contributed by atoms with Gasteiger partial charge in [-0.2, -0.15) is 13.7 Å². The molecule has 1 unspecified atom stereocenters. The molecule has 11 heavy (non-hydrogen) atoms. The average Bonchev–Trinajstić information content (AvgIpc) is 1.84. The van der Waals surface area contributed by atoms with Crippen molar-refractivity contribution in [3.63, 3.8) is 0 Å². The van der Waals surface area contributed by atoms with Gasteiger partial charge in [-0.05, 0) is 0 Å². The predicted molar refractivity (Wildman–Crippen MR) is 37.8 cm³/mol. The highest BCUT2D eigenvalue weighted by Gasteiger charge is 2.13. The number of nitrogens with zero attached hydrogens (tertiary/aromatic N) is 1. The van der Waals surface area contributed by atoms with Crippen molar-refractivity contribution in [3.8, 4) is 6.07 Å². The molecule has 0 spiro atoms. The number of nitriles is 1. The maximum atomic E-state index is 10.4. The van der Waals surface area contributed by atoms with Crippen LogP contribution in [0.5, 0.6) is 0 Å². The van der Waals surface area contributed by atoms with Crippen LogP contribution in [0.3, 0.4) is 0 Å². The summed E-state index contributed by atoms with van der Waals surface area (Å²) in [4.78, 5) is 0. The van der Waals surface area contributed by atoms with Gasteiger partial charge >= 0.3 is 0 Å². The molecule has 0 saturated heterocycles. The third kappa shape index (κ3) is 5.92. The maximum Gasteiger partial charge on any atom is 0.265 e. The number of hydrogen-bond donors (Lipinski definition) is 0. The van der Waals surface area contributed by atoms with Crippen molar-refractivity contribution in [1.29, 1.82) is 5.26 Å². The fourth-order valence-electron chi connectivity index (χ4n) is 0.371. The monoisotopic (exact) mass is 195 g/mol. The van der Waals surface area contributed by atoms with Gasteiger partial charge < -0.3 is 0 Å². The van der Waals surface area contributed by atoms with E-state index in [1.807, 2.05) is 0 Å². The van der Waals surface area contributed by atoms with Crippen molar-refractivity contribution in [2.24, 2.45) is 0 Å². The Balaban J connectivity index is 4.12. The highest BCUT2D eigenvalue weighted by Crippen LogP contribution is 2.03. The van der Waals surface area contributed by atoms with Crippen LogP contribution in [0.4, 0.5) is 0 Å². The maximum absolute atomic E-state index is 10.4. The molecule has 1 atom stereocenters. The van der Waals surface area contributed by atoms with E-state index in [1.165, 1.54) is 0 Å². The van der Waals surface area contributed by atoms with Crippen molar-refractivity contribution < 1.29 is 17.2 Å². The second kappa shape index (κ2) is 4.39. The first-order valence-electron chi connectivity index (χ1n) is 2.56. The van der Waals surface area contributed by atoms with Crippen LogP contribution in [0.2, 0.25) is 0 Å². The van der Waals surface area contributed by atoms with Crippen LogP contribution in [0.15, 0.2) is 0 Å². The first-order chi connectivity index (χ1) is 4.99. The van der Waals surface area contributed by atoms with Crippen molar-refractivity contribution in [1.82, 2.24) is 0 Å². The molecule has 0 aromatic carbocycles. The van der Waals surface area contributed by atoms with E-state index >= 15 is 0 Å². The molecule has 5 nitrogen and oxygen atoms in total. The van der Waals surface area contributed by atoms with Gasteiger partial charge in [0.25, 0.3) is 10.1 Å². The summed E-state index contributed by atoms with van der Waals surface area (Å²) >= 11 is 0. The quantitative estimate of drug-likeness (QED) is 0.470. The molecule has 0 saturated carbocycles. The lowest BCUT2D eigenvalue weighted by Crippen LogP contribution is -2.16. The number of rotatable bonds is 4. The van der Waals surface area contributed by atoms with Gasteiger partial charge in [0.2, 0.25) is 0 Å². The minimum atomic E-state index is -3.62. The molecule has 0 aromatic heterocycles. The van der Waals surface area contributed by atoms with Crippen molar-refractivity contribution in [2.75, 3.05) is 12.4 Å². The zero-order valence-corrected chi connectivity index (χ0v) is 7.43. The molecule has 0 N–H and O–H groups in total. The molecule has 0 heterocycles. The first kappa shape index (κ1) is 10.5. The van der Waals surface area contributed by atoms with Gasteiger partial charge in [0.1, 0.15) is 0 Å². The van der Waals surface area contributed by atoms with Crippen LogP contribution in [-0.2, 0) is 18.9 Å². The molecule has 0 amide bonds. The zero-order valence-electron chi connectivity index (χ0n) is 5.72. The van der Waals surface area contributed by atoms with Gasteiger partial charge in [-0.1, -0.05) is 0 Å². The molecular weight excluding hydrogens is 189 g/mol. The largest absolute Gasteiger partial charge is 0.275 e. The Kier molecular flexibility index (Phi) is 4.19. The molecular formula is C4H6NO4PS. The van der Waals surface area contributed by atoms with Crippen LogP contribution in [0.25, 0.3) is 0 Å². The van der Waals surface area contributed by atoms with Gasteiger partial charge in [-0.3, -0.25) is 8.75 Å². The zero-order chi connectivity index (χ0) is 8.91. The van der Waals surface area contributed by atoms with Gasteiger partial charge in [0, 0.05) is 0 Å². The van der Waals surface area contributed by atoms with Crippen LogP contribution in [0.1, 0.15) is 0 Å². The molecule has 0 aliphatic rings. The van der Waals surface area contributed by atoms with Crippen molar-refractivity contribution >= 4 is 18.6 Å². The van der Waals surface area contributed by atoms with E-state index in [2.05, 4.69) is 4.18 Å². The van der Waals surface area contributed by atoms with E-state index in [0.29, 0.717) is 0 Å². The third-order valence-electron chi connectivity index (χ3n) is 0.675. The topological polar surface area (TPSA) is 84.2 Å². The Labute approximate surface area is 66.3 Å². The molecule has 0 radical (unpaired) electrons. The molecule has 0 aliphatic carbocycles. The second-order valence-corrected chi connectivity index (χ2v) is 3.95. The molecule has 0 aromatic rings. The van der Waals surface area contributed by atoms with E-state index in [9.17, 15) is 13.0 Å². The summed E-state index contributed by atoms with van der Waals surface area (Å²) < 4.78 is 35.0. The van der Waals surface area contributed by atoms with E-state index in [-0.39, 0.29) is 14.6 Å². The van der Waals surface area contributed by atoms with Crippen LogP contribution >= 0.6 is 8.46 Å². The minimum absolute atomic E-state index is 0.135. The Morgan fingerprint density at radius 1 is 1.73 bits per heavy atom. The SMILES string of the molecule is CS(=O)(=O)OC(C#N)CP=O. The summed E-state index contributed by atoms with van der Waals surface area (Å²) in [7, 11) is -3.93. The smallest absolute Gasteiger partial charge is 0.265 e. The van der Waals surface area contributed by atoms with E-state index < -0.39 is 16.2 Å². The lowest BCUT2D eigenvalue weighted by atomic mass is 10.5. The molecule has 0 rings (SSSR count). The lowest BCUT2D eigenvalue weighted by Gasteiger charge is -2.02. The normalized spacial score (nSPS) is 14.2. The fourth-order valence-corrected chi connectivity index (χ4v) is 1.30. The van der Waals surface area contributed by atoms with Crippen LogP contribution in [0, 0.1) is 11.3 Å². The van der Waals surface area contributed by atoms with Crippen molar-refractivity contribution in [3.05, 3.63) is 0 Å². The van der Waals surface area contributed by atoms with E-state index in [1.54, 1.807) is 6.07 Å². The third-order valence-corrected chi connectivity index (χ3v) is 1.74. The summed E-state index contributed by atoms with van der Waals surface area (Å²) in [5.41, 5.74) is 0. The predicted octanol–water partition coefficient (Wildman–Crippen LogP) is 0.146. The molecule has 0 fully saturated rings.